The number of ether oxygens (including phenoxy) is 1. The van der Waals surface area contributed by atoms with E-state index in [0.29, 0.717) is 24.8 Å². The normalized spacial score (nSPS) is 11.2. The minimum Gasteiger partial charge on any atom is -0.493 e. The molecule has 0 unspecified atom stereocenters. The average molecular weight is 261 g/mol. The first kappa shape index (κ1) is 13.5. The molecule has 0 aliphatic rings. The maximum absolute atomic E-state index is 11.4. The largest absolute Gasteiger partial charge is 0.493 e. The van der Waals surface area contributed by atoms with E-state index in [1.54, 1.807) is 6.07 Å². The molecule has 0 saturated carbocycles. The Morgan fingerprint density at radius 1 is 1.42 bits per heavy atom. The number of nitrogens with zero attached hydrogens (tertiary/aromatic N) is 1. The highest BCUT2D eigenvalue weighted by Crippen LogP contribution is 2.29. The third-order valence-corrected chi connectivity index (χ3v) is 2.97. The van der Waals surface area contributed by atoms with Gasteiger partial charge in [-0.05, 0) is 31.0 Å². The van der Waals surface area contributed by atoms with Crippen molar-refractivity contribution in [3.05, 3.63) is 30.0 Å². The predicted molar refractivity (Wildman–Crippen MR) is 74.9 cm³/mol. The van der Waals surface area contributed by atoms with Gasteiger partial charge in [0.05, 0.1) is 12.1 Å². The third-order valence-electron chi connectivity index (χ3n) is 2.97. The van der Waals surface area contributed by atoms with Crippen LogP contribution in [-0.2, 0) is 6.54 Å². The van der Waals surface area contributed by atoms with Crippen molar-refractivity contribution < 1.29 is 14.6 Å². The Labute approximate surface area is 112 Å². The first-order chi connectivity index (χ1) is 9.04. The quantitative estimate of drug-likeness (QED) is 0.897. The molecule has 2 aromatic rings. The van der Waals surface area contributed by atoms with Crippen LogP contribution in [-0.4, -0.2) is 22.2 Å². The molecule has 0 amide bonds. The highest BCUT2D eigenvalue weighted by Gasteiger charge is 2.17. The molecule has 0 aliphatic carbocycles. The van der Waals surface area contributed by atoms with Gasteiger partial charge in [-0.2, -0.15) is 0 Å². The van der Waals surface area contributed by atoms with Crippen LogP contribution < -0.4 is 4.74 Å². The van der Waals surface area contributed by atoms with Crippen molar-refractivity contribution in [2.75, 3.05) is 6.61 Å². The first-order valence-corrected chi connectivity index (χ1v) is 6.53. The minimum absolute atomic E-state index is 0.316. The maximum atomic E-state index is 11.4. The molecule has 0 aliphatic heterocycles. The van der Waals surface area contributed by atoms with E-state index in [2.05, 4.69) is 13.8 Å². The number of aromatic carboxylic acids is 1. The molecule has 19 heavy (non-hydrogen) atoms. The average Bonchev–Trinajstić information content (AvgIpc) is 2.69. The first-order valence-electron chi connectivity index (χ1n) is 6.53. The number of hydrogen-bond donors (Lipinski definition) is 1. The summed E-state index contributed by atoms with van der Waals surface area (Å²) in [6, 6.07) is 7.41. The highest BCUT2D eigenvalue weighted by atomic mass is 16.5. The SMILES string of the molecule is CCOc1cccc2c1cc(C(=O)O)n2CC(C)C. The number of fused-ring (bicyclic) bond motifs is 1. The third kappa shape index (κ3) is 2.57. The van der Waals surface area contributed by atoms with Gasteiger partial charge in [0.25, 0.3) is 0 Å². The number of carboxylic acids is 1. The van der Waals surface area contributed by atoms with Crippen molar-refractivity contribution in [2.24, 2.45) is 5.92 Å². The Balaban J connectivity index is 2.65. The lowest BCUT2D eigenvalue weighted by molar-refractivity contribution is 0.0685. The fourth-order valence-electron chi connectivity index (χ4n) is 2.28. The molecule has 1 aromatic carbocycles. The van der Waals surface area contributed by atoms with Gasteiger partial charge in [0.2, 0.25) is 0 Å². The molecule has 102 valence electrons. The van der Waals surface area contributed by atoms with Crippen LogP contribution in [0.25, 0.3) is 10.9 Å². The minimum atomic E-state index is -0.903. The Kier molecular flexibility index (Phi) is 3.79. The Morgan fingerprint density at radius 3 is 2.74 bits per heavy atom. The van der Waals surface area contributed by atoms with Gasteiger partial charge in [-0.25, -0.2) is 4.79 Å². The van der Waals surface area contributed by atoms with Crippen LogP contribution in [0.5, 0.6) is 5.75 Å². The fraction of sp³-hybridized carbons (Fsp3) is 0.400. The van der Waals surface area contributed by atoms with Crippen molar-refractivity contribution in [1.82, 2.24) is 4.57 Å². The zero-order valence-corrected chi connectivity index (χ0v) is 11.5. The molecule has 4 nitrogen and oxygen atoms in total. The lowest BCUT2D eigenvalue weighted by Crippen LogP contribution is -2.11. The fourth-order valence-corrected chi connectivity index (χ4v) is 2.28. The summed E-state index contributed by atoms with van der Waals surface area (Å²) in [7, 11) is 0. The molecular formula is C15H19NO3. The molecule has 1 heterocycles. The number of carbonyl (C=O) groups is 1. The van der Waals surface area contributed by atoms with Gasteiger partial charge in [-0.3, -0.25) is 0 Å². The maximum Gasteiger partial charge on any atom is 0.352 e. The van der Waals surface area contributed by atoms with E-state index >= 15 is 0 Å². The number of rotatable bonds is 5. The van der Waals surface area contributed by atoms with Crippen molar-refractivity contribution in [1.29, 1.82) is 0 Å². The standard InChI is InChI=1S/C15H19NO3/c1-4-19-14-7-5-6-12-11(14)8-13(15(17)18)16(12)9-10(2)3/h5-8,10H,4,9H2,1-3H3,(H,17,18). The summed E-state index contributed by atoms with van der Waals surface area (Å²) in [5, 5.41) is 10.2. The lowest BCUT2D eigenvalue weighted by atomic mass is 10.2. The second kappa shape index (κ2) is 5.34. The molecule has 0 fully saturated rings. The summed E-state index contributed by atoms with van der Waals surface area (Å²) in [5.74, 6) is 0.216. The Morgan fingerprint density at radius 2 is 2.16 bits per heavy atom. The van der Waals surface area contributed by atoms with Gasteiger partial charge >= 0.3 is 5.97 Å². The number of hydrogen-bond acceptors (Lipinski definition) is 2. The van der Waals surface area contributed by atoms with E-state index in [1.165, 1.54) is 0 Å². The van der Waals surface area contributed by atoms with E-state index < -0.39 is 5.97 Å². The van der Waals surface area contributed by atoms with Gasteiger partial charge < -0.3 is 14.4 Å². The van der Waals surface area contributed by atoms with Gasteiger partial charge in [-0.1, -0.05) is 19.9 Å². The number of carboxylic acid groups (broad SMARTS) is 1. The van der Waals surface area contributed by atoms with Crippen LogP contribution in [0.4, 0.5) is 0 Å². The van der Waals surface area contributed by atoms with E-state index in [0.717, 1.165) is 16.7 Å². The second-order valence-corrected chi connectivity index (χ2v) is 4.96. The van der Waals surface area contributed by atoms with E-state index in [9.17, 15) is 9.90 Å². The molecule has 0 radical (unpaired) electrons. The van der Waals surface area contributed by atoms with E-state index in [1.807, 2.05) is 29.7 Å². The van der Waals surface area contributed by atoms with Crippen molar-refractivity contribution in [3.8, 4) is 5.75 Å². The van der Waals surface area contributed by atoms with Gasteiger partial charge in [0, 0.05) is 11.9 Å². The monoisotopic (exact) mass is 261 g/mol. The molecular weight excluding hydrogens is 242 g/mol. The molecule has 1 aromatic heterocycles. The Hall–Kier alpha value is -1.97. The Bertz CT molecular complexity index is 599. The smallest absolute Gasteiger partial charge is 0.352 e. The molecule has 2 rings (SSSR count). The summed E-state index contributed by atoms with van der Waals surface area (Å²) in [6.07, 6.45) is 0. The number of aromatic nitrogens is 1. The van der Waals surface area contributed by atoms with Crippen LogP contribution in [0.15, 0.2) is 24.3 Å². The zero-order chi connectivity index (χ0) is 14.0. The van der Waals surface area contributed by atoms with Gasteiger partial charge in [-0.15, -0.1) is 0 Å². The van der Waals surface area contributed by atoms with Gasteiger partial charge in [0.15, 0.2) is 0 Å². The molecule has 0 saturated heterocycles. The van der Waals surface area contributed by atoms with Gasteiger partial charge in [0.1, 0.15) is 11.4 Å². The van der Waals surface area contributed by atoms with E-state index in [4.69, 9.17) is 4.74 Å². The zero-order valence-electron chi connectivity index (χ0n) is 11.5. The summed E-state index contributed by atoms with van der Waals surface area (Å²) in [5.41, 5.74) is 1.23. The molecule has 0 spiro atoms. The molecule has 4 heteroatoms. The molecule has 0 bridgehead atoms. The molecule has 0 atom stereocenters. The van der Waals surface area contributed by atoms with Crippen LogP contribution in [0.3, 0.4) is 0 Å². The summed E-state index contributed by atoms with van der Waals surface area (Å²) in [6.45, 7) is 7.31. The lowest BCUT2D eigenvalue weighted by Gasteiger charge is -2.11. The highest BCUT2D eigenvalue weighted by molar-refractivity contribution is 5.97. The van der Waals surface area contributed by atoms with Crippen molar-refractivity contribution in [2.45, 2.75) is 27.3 Å². The summed E-state index contributed by atoms with van der Waals surface area (Å²) >= 11 is 0. The van der Waals surface area contributed by atoms with Crippen LogP contribution in [0, 0.1) is 5.92 Å². The van der Waals surface area contributed by atoms with E-state index in [-0.39, 0.29) is 0 Å². The van der Waals surface area contributed by atoms with Crippen LogP contribution >= 0.6 is 0 Å². The van der Waals surface area contributed by atoms with Crippen LogP contribution in [0.2, 0.25) is 0 Å². The topological polar surface area (TPSA) is 51.5 Å². The molecule has 1 N–H and O–H groups in total. The second-order valence-electron chi connectivity index (χ2n) is 4.96. The predicted octanol–water partition coefficient (Wildman–Crippen LogP) is 3.39. The summed E-state index contributed by atoms with van der Waals surface area (Å²) in [4.78, 5) is 11.4. The number of benzene rings is 1. The van der Waals surface area contributed by atoms with Crippen LogP contribution in [0.1, 0.15) is 31.3 Å². The van der Waals surface area contributed by atoms with Crippen molar-refractivity contribution >= 4 is 16.9 Å². The summed E-state index contributed by atoms with van der Waals surface area (Å²) < 4.78 is 7.42. The van der Waals surface area contributed by atoms with Crippen molar-refractivity contribution in [3.63, 3.8) is 0 Å².